The monoisotopic (exact) mass is 484 g/mol. The number of carbonyl (C=O) groups excluding carboxylic acids is 3. The number of alkyl carbamates (subject to hydrolysis) is 1. The summed E-state index contributed by atoms with van der Waals surface area (Å²) in [5, 5.41) is 12.1. The Hall–Kier alpha value is -0.970. The van der Waals surface area contributed by atoms with Gasteiger partial charge in [-0.15, -0.1) is 23.5 Å². The molecule has 0 aromatic rings. The summed E-state index contributed by atoms with van der Waals surface area (Å²) in [6.07, 6.45) is 7.39. The molecule has 4 fully saturated rings. The molecule has 3 aliphatic heterocycles. The van der Waals surface area contributed by atoms with E-state index < -0.39 is 12.0 Å². The maximum Gasteiger partial charge on any atom is 0.414 e. The lowest BCUT2D eigenvalue weighted by molar-refractivity contribution is -0.125. The zero-order chi connectivity index (χ0) is 22.5. The molecule has 3 heterocycles. The Morgan fingerprint density at radius 2 is 1.91 bits per heavy atom. The smallest absolute Gasteiger partial charge is 0.414 e. The Morgan fingerprint density at radius 3 is 2.66 bits per heavy atom. The number of rotatable bonds is 6. The fourth-order valence-electron chi connectivity index (χ4n) is 5.30. The Labute approximate surface area is 198 Å². The second-order valence-electron chi connectivity index (χ2n) is 9.26. The van der Waals surface area contributed by atoms with Gasteiger partial charge in [-0.05, 0) is 50.3 Å². The molecule has 0 aromatic heterocycles. The first-order valence-electron chi connectivity index (χ1n) is 12.1. The Balaban J connectivity index is 1.25. The van der Waals surface area contributed by atoms with E-state index in [1.165, 1.54) is 19.3 Å². The first kappa shape index (κ1) is 24.2. The molecule has 0 aromatic carbocycles. The predicted octanol–water partition coefficient (Wildman–Crippen LogP) is 2.19. The van der Waals surface area contributed by atoms with Gasteiger partial charge in [0.15, 0.2) is 0 Å². The van der Waals surface area contributed by atoms with Gasteiger partial charge in [-0.2, -0.15) is 0 Å². The largest absolute Gasteiger partial charge is 0.446 e. The number of amides is 3. The highest BCUT2D eigenvalue weighted by atomic mass is 32.2. The van der Waals surface area contributed by atoms with Crippen LogP contribution in [-0.4, -0.2) is 64.9 Å². The van der Waals surface area contributed by atoms with Gasteiger partial charge in [0.1, 0.15) is 11.5 Å². The number of nitrogens with one attached hydrogen (secondary N) is 4. The lowest BCUT2D eigenvalue weighted by Gasteiger charge is -2.29. The molecule has 6 unspecified atom stereocenters. The van der Waals surface area contributed by atoms with Gasteiger partial charge >= 0.3 is 6.09 Å². The molecule has 4 aliphatic rings. The van der Waals surface area contributed by atoms with Crippen molar-refractivity contribution in [2.75, 3.05) is 18.8 Å². The number of thioether (sulfide) groups is 2. The van der Waals surface area contributed by atoms with Gasteiger partial charge in [-0.3, -0.25) is 20.2 Å². The molecule has 4 rings (SSSR count). The summed E-state index contributed by atoms with van der Waals surface area (Å²) in [6.45, 7) is 3.91. The van der Waals surface area contributed by atoms with Gasteiger partial charge < -0.3 is 15.4 Å². The number of imide groups is 1. The number of piperidine rings is 1. The maximum atomic E-state index is 12.8. The molecular weight excluding hydrogens is 448 g/mol. The van der Waals surface area contributed by atoms with Crippen molar-refractivity contribution in [3.8, 4) is 0 Å². The summed E-state index contributed by atoms with van der Waals surface area (Å²) in [4.78, 5) is 38.1. The van der Waals surface area contributed by atoms with Crippen LogP contribution in [0, 0.1) is 11.8 Å². The third kappa shape index (κ3) is 5.93. The molecule has 8 nitrogen and oxygen atoms in total. The molecular formula is C22H36N4O4S2. The summed E-state index contributed by atoms with van der Waals surface area (Å²) in [6, 6.07) is 0.359. The minimum atomic E-state index is -0.654. The highest BCUT2D eigenvalue weighted by Gasteiger charge is 2.42. The van der Waals surface area contributed by atoms with Crippen molar-refractivity contribution in [2.24, 2.45) is 11.8 Å². The van der Waals surface area contributed by atoms with Crippen LogP contribution in [-0.2, 0) is 14.3 Å². The topological polar surface area (TPSA) is 109 Å². The van der Waals surface area contributed by atoms with E-state index in [2.05, 4.69) is 21.3 Å². The molecule has 1 aliphatic carbocycles. The van der Waals surface area contributed by atoms with Crippen molar-refractivity contribution in [1.82, 2.24) is 21.3 Å². The van der Waals surface area contributed by atoms with Crippen LogP contribution >= 0.6 is 23.5 Å². The van der Waals surface area contributed by atoms with Gasteiger partial charge in [0.2, 0.25) is 11.8 Å². The third-order valence-electron chi connectivity index (χ3n) is 7.12. The quantitative estimate of drug-likeness (QED) is 0.454. The molecule has 6 atom stereocenters. The van der Waals surface area contributed by atoms with Crippen LogP contribution in [0.25, 0.3) is 0 Å². The van der Waals surface area contributed by atoms with Gasteiger partial charge in [-0.1, -0.05) is 26.2 Å². The summed E-state index contributed by atoms with van der Waals surface area (Å²) < 4.78 is 5.64. The van der Waals surface area contributed by atoms with Gasteiger partial charge in [-0.25, -0.2) is 4.79 Å². The molecule has 3 amide bonds. The number of fused-ring (bicyclic) bond motifs is 1. The lowest BCUT2D eigenvalue weighted by atomic mass is 9.84. The number of hydrogen-bond acceptors (Lipinski definition) is 8. The van der Waals surface area contributed by atoms with E-state index in [4.69, 9.17) is 4.74 Å². The van der Waals surface area contributed by atoms with E-state index in [-0.39, 0.29) is 28.7 Å². The van der Waals surface area contributed by atoms with E-state index in [1.807, 2.05) is 6.92 Å². The number of hydrogen-bond donors (Lipinski definition) is 4. The van der Waals surface area contributed by atoms with Crippen molar-refractivity contribution < 1.29 is 19.1 Å². The average molecular weight is 485 g/mol. The normalized spacial score (nSPS) is 33.8. The third-order valence-corrected chi connectivity index (χ3v) is 9.86. The number of ether oxygens (including phenoxy) is 1. The maximum absolute atomic E-state index is 12.8. The van der Waals surface area contributed by atoms with Crippen LogP contribution in [0.1, 0.15) is 58.3 Å². The summed E-state index contributed by atoms with van der Waals surface area (Å²) >= 11 is 3.22. The van der Waals surface area contributed by atoms with Gasteiger partial charge in [0, 0.05) is 17.8 Å². The fraction of sp³-hybridized carbons (Fsp3) is 0.864. The van der Waals surface area contributed by atoms with Crippen molar-refractivity contribution in [2.45, 2.75) is 86.4 Å². The van der Waals surface area contributed by atoms with E-state index in [1.54, 1.807) is 23.5 Å². The average Bonchev–Trinajstić information content (AvgIpc) is 3.45. The molecule has 32 heavy (non-hydrogen) atoms. The van der Waals surface area contributed by atoms with E-state index in [9.17, 15) is 14.4 Å². The highest BCUT2D eigenvalue weighted by molar-refractivity contribution is 8.01. The standard InChI is InChI=1S/C22H36N4O4S2/c1-2-16(13-6-4-3-5-7-13)30-22(29)26-18(27)14-9-11-31-20(14)25-19(28)21-24-15-8-10-23-12-17(15)32-21/h13-17,20-21,23-24H,2-12H2,1H3,(H,25,28)(H,26,27,29). The minimum absolute atomic E-state index is 0.0764. The van der Waals surface area contributed by atoms with E-state index in [0.29, 0.717) is 23.6 Å². The van der Waals surface area contributed by atoms with Crippen molar-refractivity contribution in [1.29, 1.82) is 0 Å². The highest BCUT2D eigenvalue weighted by Crippen LogP contribution is 2.34. The molecule has 4 N–H and O–H groups in total. The second-order valence-corrected chi connectivity index (χ2v) is 11.9. The fourth-order valence-corrected chi connectivity index (χ4v) is 8.05. The zero-order valence-electron chi connectivity index (χ0n) is 18.8. The molecule has 3 saturated heterocycles. The van der Waals surface area contributed by atoms with Crippen LogP contribution in [0.3, 0.4) is 0 Å². The Bertz CT molecular complexity index is 677. The van der Waals surface area contributed by atoms with Crippen LogP contribution < -0.4 is 21.3 Å². The van der Waals surface area contributed by atoms with Crippen LogP contribution in [0.2, 0.25) is 0 Å². The Morgan fingerprint density at radius 1 is 1.09 bits per heavy atom. The van der Waals surface area contributed by atoms with Crippen molar-refractivity contribution >= 4 is 41.4 Å². The molecule has 180 valence electrons. The molecule has 1 saturated carbocycles. The van der Waals surface area contributed by atoms with Gasteiger partial charge in [0.25, 0.3) is 0 Å². The van der Waals surface area contributed by atoms with E-state index in [0.717, 1.165) is 44.5 Å². The SMILES string of the molecule is CCC(OC(=O)NC(=O)C1CCSC1NC(=O)C1NC2CCNCC2S1)C1CCCCC1. The zero-order valence-corrected chi connectivity index (χ0v) is 20.4. The van der Waals surface area contributed by atoms with Gasteiger partial charge in [0.05, 0.1) is 11.3 Å². The molecule has 10 heteroatoms. The number of carbonyl (C=O) groups is 3. The minimum Gasteiger partial charge on any atom is -0.446 e. The lowest BCUT2D eigenvalue weighted by Crippen LogP contribution is -2.50. The van der Waals surface area contributed by atoms with Crippen LogP contribution in [0.5, 0.6) is 0 Å². The van der Waals surface area contributed by atoms with Crippen molar-refractivity contribution in [3.05, 3.63) is 0 Å². The summed E-state index contributed by atoms with van der Waals surface area (Å²) in [5.74, 6) is 0.305. The van der Waals surface area contributed by atoms with Crippen LogP contribution in [0.4, 0.5) is 4.79 Å². The van der Waals surface area contributed by atoms with Crippen molar-refractivity contribution in [3.63, 3.8) is 0 Å². The first-order valence-corrected chi connectivity index (χ1v) is 14.1. The van der Waals surface area contributed by atoms with E-state index >= 15 is 0 Å². The second kappa shape index (κ2) is 11.4. The molecule has 0 bridgehead atoms. The van der Waals surface area contributed by atoms with Crippen LogP contribution in [0.15, 0.2) is 0 Å². The molecule has 0 spiro atoms. The summed E-state index contributed by atoms with van der Waals surface area (Å²) in [5.41, 5.74) is 0. The first-order chi connectivity index (χ1) is 15.5. The summed E-state index contributed by atoms with van der Waals surface area (Å²) in [7, 11) is 0. The predicted molar refractivity (Wildman–Crippen MR) is 127 cm³/mol. The molecule has 0 radical (unpaired) electrons. The Kier molecular flexibility index (Phi) is 8.64.